The lowest BCUT2D eigenvalue weighted by Gasteiger charge is -2.16. The Bertz CT molecular complexity index is 878. The van der Waals surface area contributed by atoms with Gasteiger partial charge in [0.2, 0.25) is 0 Å². The van der Waals surface area contributed by atoms with E-state index in [2.05, 4.69) is 0 Å². The summed E-state index contributed by atoms with van der Waals surface area (Å²) in [7, 11) is 0. The van der Waals surface area contributed by atoms with Crippen molar-refractivity contribution in [1.82, 2.24) is 0 Å². The molecule has 0 radical (unpaired) electrons. The third-order valence-corrected chi connectivity index (χ3v) is 4.64. The summed E-state index contributed by atoms with van der Waals surface area (Å²) in [4.78, 5) is 25.6. The molecule has 3 rings (SSSR count). The van der Waals surface area contributed by atoms with E-state index in [1.165, 1.54) is 29.2 Å². The van der Waals surface area contributed by atoms with Gasteiger partial charge in [-0.1, -0.05) is 48.2 Å². The maximum atomic E-state index is 13.0. The number of carboxylic acid groups (broad SMARTS) is 1. The highest BCUT2D eigenvalue weighted by atomic mass is 32.2. The number of benzene rings is 2. The lowest BCUT2D eigenvalue weighted by atomic mass is 10.1. The highest BCUT2D eigenvalue weighted by Crippen LogP contribution is 2.37. The van der Waals surface area contributed by atoms with Crippen LogP contribution < -0.4 is 4.90 Å². The number of halogens is 1. The fourth-order valence-corrected chi connectivity index (χ4v) is 3.52. The van der Waals surface area contributed by atoms with Crippen LogP contribution in [0.25, 0.3) is 6.08 Å². The summed E-state index contributed by atoms with van der Waals surface area (Å²) in [6.45, 7) is 0. The second-order valence-electron chi connectivity index (χ2n) is 4.89. The topological polar surface area (TPSA) is 57.6 Å². The van der Waals surface area contributed by atoms with Crippen LogP contribution in [-0.4, -0.2) is 21.3 Å². The predicted molar refractivity (Wildman–Crippen MR) is 95.5 cm³/mol. The Hall–Kier alpha value is -2.51. The molecule has 7 heteroatoms. The Morgan fingerprint density at radius 1 is 1.17 bits per heavy atom. The molecule has 0 aromatic heterocycles. The van der Waals surface area contributed by atoms with E-state index in [0.717, 1.165) is 11.8 Å². The third kappa shape index (κ3) is 3.08. The molecule has 1 saturated heterocycles. The van der Waals surface area contributed by atoms with Gasteiger partial charge in [-0.05, 0) is 35.9 Å². The molecule has 4 nitrogen and oxygen atoms in total. The van der Waals surface area contributed by atoms with Crippen molar-refractivity contribution in [1.29, 1.82) is 0 Å². The number of anilines is 1. The van der Waals surface area contributed by atoms with Gasteiger partial charge >= 0.3 is 5.97 Å². The molecule has 1 amide bonds. The number of amides is 1. The zero-order valence-electron chi connectivity index (χ0n) is 12.1. The van der Waals surface area contributed by atoms with Crippen molar-refractivity contribution in [3.05, 3.63) is 70.4 Å². The number of carbonyl (C=O) groups excluding carboxylic acids is 1. The van der Waals surface area contributed by atoms with E-state index in [9.17, 15) is 19.1 Å². The Balaban J connectivity index is 1.98. The number of carboxylic acids is 1. The molecule has 1 aliphatic heterocycles. The first kappa shape index (κ1) is 16.4. The van der Waals surface area contributed by atoms with Crippen LogP contribution in [0.15, 0.2) is 53.4 Å². The minimum absolute atomic E-state index is 0.00293. The van der Waals surface area contributed by atoms with E-state index in [0.29, 0.717) is 10.5 Å². The Morgan fingerprint density at radius 2 is 1.83 bits per heavy atom. The molecule has 2 aromatic rings. The van der Waals surface area contributed by atoms with Gasteiger partial charge in [-0.25, -0.2) is 9.18 Å². The normalized spacial score (nSPS) is 16.0. The SMILES string of the molecule is O=C(O)c1ccccc1N1C(=O)C(=Cc2ccc(F)cc2)SC1=S. The first-order chi connectivity index (χ1) is 11.5. The minimum Gasteiger partial charge on any atom is -0.478 e. The van der Waals surface area contributed by atoms with Gasteiger partial charge in [0.15, 0.2) is 4.32 Å². The summed E-state index contributed by atoms with van der Waals surface area (Å²) < 4.78 is 13.2. The van der Waals surface area contributed by atoms with Crippen molar-refractivity contribution >= 4 is 51.9 Å². The van der Waals surface area contributed by atoms with Gasteiger partial charge in [0.05, 0.1) is 16.2 Å². The minimum atomic E-state index is -1.14. The number of nitrogens with zero attached hydrogens (tertiary/aromatic N) is 1. The van der Waals surface area contributed by atoms with E-state index in [1.54, 1.807) is 30.3 Å². The first-order valence-electron chi connectivity index (χ1n) is 6.83. The molecule has 120 valence electrons. The number of hydrogen-bond acceptors (Lipinski definition) is 4. The zero-order valence-corrected chi connectivity index (χ0v) is 13.7. The van der Waals surface area contributed by atoms with E-state index in [4.69, 9.17) is 12.2 Å². The summed E-state index contributed by atoms with van der Waals surface area (Å²) in [5.74, 6) is -1.90. The fraction of sp³-hybridized carbons (Fsp3) is 0. The average Bonchev–Trinajstić information content (AvgIpc) is 2.83. The molecule has 0 unspecified atom stereocenters. The number of rotatable bonds is 3. The highest BCUT2D eigenvalue weighted by Gasteiger charge is 2.35. The van der Waals surface area contributed by atoms with Crippen LogP contribution >= 0.6 is 24.0 Å². The summed E-state index contributed by atoms with van der Waals surface area (Å²) in [5, 5.41) is 9.29. The summed E-state index contributed by atoms with van der Waals surface area (Å²) in [6.07, 6.45) is 1.60. The average molecular weight is 359 g/mol. The lowest BCUT2D eigenvalue weighted by Crippen LogP contribution is -2.29. The Kier molecular flexibility index (Phi) is 4.46. The van der Waals surface area contributed by atoms with Crippen LogP contribution in [0.3, 0.4) is 0 Å². The van der Waals surface area contributed by atoms with E-state index >= 15 is 0 Å². The highest BCUT2D eigenvalue weighted by molar-refractivity contribution is 8.27. The van der Waals surface area contributed by atoms with Gasteiger partial charge in [-0.15, -0.1) is 0 Å². The molecule has 1 heterocycles. The van der Waals surface area contributed by atoms with Gasteiger partial charge in [0, 0.05) is 0 Å². The van der Waals surface area contributed by atoms with Crippen molar-refractivity contribution in [3.8, 4) is 0 Å². The lowest BCUT2D eigenvalue weighted by molar-refractivity contribution is -0.113. The quantitative estimate of drug-likeness (QED) is 0.665. The summed E-state index contributed by atoms with van der Waals surface area (Å²) in [5.41, 5.74) is 0.884. The van der Waals surface area contributed by atoms with Crippen LogP contribution in [0, 0.1) is 5.82 Å². The molecule has 1 N–H and O–H groups in total. The van der Waals surface area contributed by atoms with E-state index < -0.39 is 11.9 Å². The summed E-state index contributed by atoms with van der Waals surface area (Å²) in [6, 6.07) is 11.9. The number of thiocarbonyl (C=S) groups is 1. The smallest absolute Gasteiger partial charge is 0.337 e. The van der Waals surface area contributed by atoms with Crippen LogP contribution in [0.1, 0.15) is 15.9 Å². The van der Waals surface area contributed by atoms with Crippen molar-refractivity contribution in [2.24, 2.45) is 0 Å². The number of carbonyl (C=O) groups is 2. The molecule has 1 fully saturated rings. The molecule has 0 aliphatic carbocycles. The van der Waals surface area contributed by atoms with Crippen LogP contribution in [0.5, 0.6) is 0 Å². The number of para-hydroxylation sites is 1. The number of thioether (sulfide) groups is 1. The second kappa shape index (κ2) is 6.54. The molecule has 0 spiro atoms. The molecule has 0 saturated carbocycles. The van der Waals surface area contributed by atoms with Gasteiger partial charge in [-0.2, -0.15) is 0 Å². The second-order valence-corrected chi connectivity index (χ2v) is 6.57. The zero-order chi connectivity index (χ0) is 17.3. The van der Waals surface area contributed by atoms with Crippen molar-refractivity contribution in [2.45, 2.75) is 0 Å². The molecule has 0 atom stereocenters. The van der Waals surface area contributed by atoms with Crippen molar-refractivity contribution in [2.75, 3.05) is 4.90 Å². The Labute approximate surface area is 146 Å². The molecule has 0 bridgehead atoms. The van der Waals surface area contributed by atoms with E-state index in [1.807, 2.05) is 0 Å². The van der Waals surface area contributed by atoms with Gasteiger partial charge in [0.25, 0.3) is 5.91 Å². The maximum absolute atomic E-state index is 13.0. The predicted octanol–water partition coefficient (Wildman–Crippen LogP) is 3.93. The standard InChI is InChI=1S/C17H10FNO3S2/c18-11-7-5-10(6-8-11)9-14-15(20)19(17(23)24-14)13-4-2-1-3-12(13)16(21)22/h1-9H,(H,21,22). The fourth-order valence-electron chi connectivity index (χ4n) is 2.24. The van der Waals surface area contributed by atoms with E-state index in [-0.39, 0.29) is 21.4 Å². The Morgan fingerprint density at radius 3 is 2.50 bits per heavy atom. The molecule has 1 aliphatic rings. The van der Waals surface area contributed by atoms with Crippen LogP contribution in [0.2, 0.25) is 0 Å². The number of hydrogen-bond donors (Lipinski definition) is 1. The molecule has 2 aromatic carbocycles. The van der Waals surface area contributed by atoms with Crippen LogP contribution in [-0.2, 0) is 4.79 Å². The monoisotopic (exact) mass is 359 g/mol. The maximum Gasteiger partial charge on any atom is 0.337 e. The molecular weight excluding hydrogens is 349 g/mol. The first-order valence-corrected chi connectivity index (χ1v) is 8.05. The molecular formula is C17H10FNO3S2. The number of aromatic carboxylic acids is 1. The molecule has 24 heavy (non-hydrogen) atoms. The third-order valence-electron chi connectivity index (χ3n) is 3.34. The van der Waals surface area contributed by atoms with Crippen molar-refractivity contribution < 1.29 is 19.1 Å². The van der Waals surface area contributed by atoms with Crippen molar-refractivity contribution in [3.63, 3.8) is 0 Å². The van der Waals surface area contributed by atoms with Gasteiger partial charge in [0.1, 0.15) is 5.82 Å². The van der Waals surface area contributed by atoms with Crippen LogP contribution in [0.4, 0.5) is 10.1 Å². The van der Waals surface area contributed by atoms with Gasteiger partial charge in [-0.3, -0.25) is 9.69 Å². The summed E-state index contributed by atoms with van der Waals surface area (Å²) >= 11 is 6.31. The largest absolute Gasteiger partial charge is 0.478 e. The van der Waals surface area contributed by atoms with Gasteiger partial charge < -0.3 is 5.11 Å².